The third-order valence-corrected chi connectivity index (χ3v) is 2.41. The third-order valence-electron chi connectivity index (χ3n) is 2.41. The number of oxazole rings is 1. The smallest absolute Gasteiger partial charge is 0.181 e. The molecule has 2 rings (SSSR count). The van der Waals surface area contributed by atoms with Crippen LogP contribution in [0.25, 0.3) is 5.76 Å². The minimum absolute atomic E-state index is 0.170. The van der Waals surface area contributed by atoms with Crippen molar-refractivity contribution >= 4 is 5.76 Å². The van der Waals surface area contributed by atoms with Crippen LogP contribution in [0, 0.1) is 0 Å². The summed E-state index contributed by atoms with van der Waals surface area (Å²) in [7, 11) is 0. The molecule has 1 aromatic rings. The highest BCUT2D eigenvalue weighted by atomic mass is 16.3. The second kappa shape index (κ2) is 3.67. The van der Waals surface area contributed by atoms with E-state index in [0.717, 1.165) is 5.57 Å². The molecular weight excluding hydrogens is 202 g/mol. The lowest BCUT2D eigenvalue weighted by atomic mass is 9.91. The maximum absolute atomic E-state index is 10.1. The number of aromatic nitrogens is 1. The zero-order chi connectivity index (χ0) is 11.8. The van der Waals surface area contributed by atoms with E-state index in [9.17, 15) is 5.11 Å². The normalized spacial score (nSPS) is 14.8. The van der Waals surface area contributed by atoms with Crippen LogP contribution in [0.5, 0.6) is 0 Å². The molecule has 0 atom stereocenters. The molecule has 0 radical (unpaired) electrons. The van der Waals surface area contributed by atoms with E-state index in [2.05, 4.69) is 4.98 Å². The van der Waals surface area contributed by atoms with Crippen LogP contribution in [0.3, 0.4) is 0 Å². The summed E-state index contributed by atoms with van der Waals surface area (Å²) in [4.78, 5) is 4.08. The molecule has 0 saturated carbocycles. The lowest BCUT2D eigenvalue weighted by molar-refractivity contribution is 0.402. The molecule has 84 valence electrons. The lowest BCUT2D eigenvalue weighted by Gasteiger charge is -2.16. The number of hydrogen-bond donors (Lipinski definition) is 1. The Kier molecular flexibility index (Phi) is 2.46. The quantitative estimate of drug-likeness (QED) is 0.733. The number of allylic oxidation sites excluding steroid dienone is 5. The van der Waals surface area contributed by atoms with E-state index in [4.69, 9.17) is 4.42 Å². The first-order valence-electron chi connectivity index (χ1n) is 5.22. The fourth-order valence-electron chi connectivity index (χ4n) is 1.62. The van der Waals surface area contributed by atoms with Crippen molar-refractivity contribution in [1.29, 1.82) is 0 Å². The van der Waals surface area contributed by atoms with Gasteiger partial charge in [-0.05, 0) is 0 Å². The Morgan fingerprint density at radius 1 is 1.25 bits per heavy atom. The molecule has 3 nitrogen and oxygen atoms in total. The summed E-state index contributed by atoms with van der Waals surface area (Å²) in [6, 6.07) is 0. The van der Waals surface area contributed by atoms with Crippen molar-refractivity contribution in [3.05, 3.63) is 47.7 Å². The van der Waals surface area contributed by atoms with E-state index in [1.165, 1.54) is 6.39 Å². The highest BCUT2D eigenvalue weighted by Gasteiger charge is 2.25. The van der Waals surface area contributed by atoms with E-state index in [1.54, 1.807) is 0 Å². The zero-order valence-corrected chi connectivity index (χ0v) is 9.69. The summed E-state index contributed by atoms with van der Waals surface area (Å²) in [5.74, 6) is 0.870. The summed E-state index contributed by atoms with van der Waals surface area (Å²) in [5, 5.41) is 10.1. The predicted molar refractivity (Wildman–Crippen MR) is 63.0 cm³/mol. The van der Waals surface area contributed by atoms with Gasteiger partial charge in [0.2, 0.25) is 0 Å². The molecule has 1 N–H and O–H groups in total. The molecule has 0 amide bonds. The van der Waals surface area contributed by atoms with Crippen LogP contribution < -0.4 is 0 Å². The molecule has 16 heavy (non-hydrogen) atoms. The van der Waals surface area contributed by atoms with Crippen LogP contribution >= 0.6 is 0 Å². The van der Waals surface area contributed by atoms with Crippen molar-refractivity contribution in [1.82, 2.24) is 4.98 Å². The first-order chi connectivity index (χ1) is 7.50. The number of nitrogens with zero attached hydrogens (tertiary/aromatic N) is 1. The Morgan fingerprint density at radius 3 is 2.44 bits per heavy atom. The highest BCUT2D eigenvalue weighted by Crippen LogP contribution is 2.30. The monoisotopic (exact) mass is 217 g/mol. The Morgan fingerprint density at radius 2 is 1.88 bits per heavy atom. The van der Waals surface area contributed by atoms with E-state index >= 15 is 0 Å². The molecule has 0 bridgehead atoms. The van der Waals surface area contributed by atoms with Crippen LogP contribution in [-0.2, 0) is 5.41 Å². The number of rotatable bonds is 1. The average Bonchev–Trinajstić information content (AvgIpc) is 2.87. The molecule has 1 heterocycles. The first kappa shape index (κ1) is 10.7. The molecule has 0 saturated heterocycles. The predicted octanol–water partition coefficient (Wildman–Crippen LogP) is 3.37. The van der Waals surface area contributed by atoms with Crippen molar-refractivity contribution in [2.24, 2.45) is 0 Å². The van der Waals surface area contributed by atoms with E-state index < -0.39 is 0 Å². The largest absolute Gasteiger partial charge is 0.505 e. The van der Waals surface area contributed by atoms with Gasteiger partial charge in [-0.2, -0.15) is 0 Å². The minimum atomic E-state index is -0.174. The van der Waals surface area contributed by atoms with Gasteiger partial charge in [0.05, 0.1) is 0 Å². The standard InChI is InChI=1S/C13H15NO2/c1-13(2,3)12-10(14-8-16-12)11(15)9-6-4-5-7-9/h4-8,15H,1-3H3. The Hall–Kier alpha value is -1.77. The molecule has 0 unspecified atom stereocenters. The summed E-state index contributed by atoms with van der Waals surface area (Å²) in [6.07, 6.45) is 8.81. The van der Waals surface area contributed by atoms with E-state index in [1.807, 2.05) is 45.1 Å². The van der Waals surface area contributed by atoms with Gasteiger partial charge in [-0.15, -0.1) is 0 Å². The van der Waals surface area contributed by atoms with Gasteiger partial charge in [0.1, 0.15) is 11.5 Å². The summed E-state index contributed by atoms with van der Waals surface area (Å²) in [5.41, 5.74) is 1.12. The second-order valence-corrected chi connectivity index (χ2v) is 4.80. The third kappa shape index (κ3) is 1.81. The molecule has 1 aromatic heterocycles. The van der Waals surface area contributed by atoms with Crippen molar-refractivity contribution in [3.8, 4) is 0 Å². The maximum atomic E-state index is 10.1. The van der Waals surface area contributed by atoms with Gasteiger partial charge >= 0.3 is 0 Å². The minimum Gasteiger partial charge on any atom is -0.505 e. The second-order valence-electron chi connectivity index (χ2n) is 4.80. The molecule has 1 aliphatic rings. The van der Waals surface area contributed by atoms with Gasteiger partial charge in [-0.25, -0.2) is 4.98 Å². The van der Waals surface area contributed by atoms with Crippen molar-refractivity contribution in [2.75, 3.05) is 0 Å². The molecule has 0 aromatic carbocycles. The summed E-state index contributed by atoms with van der Waals surface area (Å²) in [6.45, 7) is 6.07. The Labute approximate surface area is 94.8 Å². The number of hydrogen-bond acceptors (Lipinski definition) is 3. The molecule has 1 aliphatic carbocycles. The van der Waals surface area contributed by atoms with E-state index in [-0.39, 0.29) is 11.2 Å². The average molecular weight is 217 g/mol. The number of aliphatic hydroxyl groups is 1. The highest BCUT2D eigenvalue weighted by molar-refractivity contribution is 5.68. The van der Waals surface area contributed by atoms with Gasteiger partial charge in [0, 0.05) is 11.0 Å². The SMILES string of the molecule is CC(C)(C)c1ocnc1C(O)=C1C=CC=C1. The summed E-state index contributed by atoms with van der Waals surface area (Å²) >= 11 is 0. The molecule has 0 aliphatic heterocycles. The van der Waals surface area contributed by atoms with Gasteiger partial charge < -0.3 is 9.52 Å². The van der Waals surface area contributed by atoms with Gasteiger partial charge in [-0.1, -0.05) is 45.1 Å². The first-order valence-corrected chi connectivity index (χ1v) is 5.22. The topological polar surface area (TPSA) is 46.3 Å². The molecule has 0 spiro atoms. The maximum Gasteiger partial charge on any atom is 0.181 e. The zero-order valence-electron chi connectivity index (χ0n) is 9.69. The molecule has 3 heteroatoms. The number of aliphatic hydroxyl groups excluding tert-OH is 1. The Balaban J connectivity index is 2.50. The van der Waals surface area contributed by atoms with Gasteiger partial charge in [0.15, 0.2) is 12.2 Å². The van der Waals surface area contributed by atoms with Crippen molar-refractivity contribution in [2.45, 2.75) is 26.2 Å². The summed E-state index contributed by atoms with van der Waals surface area (Å²) < 4.78 is 5.36. The van der Waals surface area contributed by atoms with Crippen LogP contribution in [0.1, 0.15) is 32.2 Å². The fourth-order valence-corrected chi connectivity index (χ4v) is 1.62. The Bertz CT molecular complexity index is 470. The van der Waals surface area contributed by atoms with Gasteiger partial charge in [0.25, 0.3) is 0 Å². The van der Waals surface area contributed by atoms with Crippen LogP contribution in [-0.4, -0.2) is 10.1 Å². The van der Waals surface area contributed by atoms with Crippen molar-refractivity contribution in [3.63, 3.8) is 0 Å². The molecule has 0 fully saturated rings. The van der Waals surface area contributed by atoms with E-state index in [0.29, 0.717) is 11.5 Å². The lowest BCUT2D eigenvalue weighted by Crippen LogP contribution is -2.12. The van der Waals surface area contributed by atoms with Crippen LogP contribution in [0.2, 0.25) is 0 Å². The fraction of sp³-hybridized carbons (Fsp3) is 0.308. The molecular formula is C13H15NO2. The van der Waals surface area contributed by atoms with Crippen molar-refractivity contribution < 1.29 is 9.52 Å². The van der Waals surface area contributed by atoms with Crippen LogP contribution in [0.15, 0.2) is 40.7 Å². The van der Waals surface area contributed by atoms with Gasteiger partial charge in [-0.3, -0.25) is 0 Å². The van der Waals surface area contributed by atoms with Crippen LogP contribution in [0.4, 0.5) is 0 Å².